The van der Waals surface area contributed by atoms with Crippen molar-refractivity contribution in [1.29, 1.82) is 0 Å². The Morgan fingerprint density at radius 2 is 2.14 bits per heavy atom. The van der Waals surface area contributed by atoms with Crippen molar-refractivity contribution in [3.63, 3.8) is 0 Å². The molecule has 4 heteroatoms. The summed E-state index contributed by atoms with van der Waals surface area (Å²) in [5.74, 6) is 1.09. The summed E-state index contributed by atoms with van der Waals surface area (Å²) in [6.45, 7) is 8.76. The minimum Gasteiger partial charge on any atom is -0.302 e. The van der Waals surface area contributed by atoms with E-state index >= 15 is 0 Å². The number of carbonyl (C=O) groups excluding carboxylic acids is 1. The van der Waals surface area contributed by atoms with Gasteiger partial charge in [0.25, 0.3) is 5.91 Å². The van der Waals surface area contributed by atoms with Crippen LogP contribution >= 0.6 is 0 Å². The highest BCUT2D eigenvalue weighted by Gasteiger charge is 2.36. The second-order valence-corrected chi connectivity index (χ2v) is 6.09. The van der Waals surface area contributed by atoms with E-state index < -0.39 is 0 Å². The topological polar surface area (TPSA) is 53.5 Å². The lowest BCUT2D eigenvalue weighted by atomic mass is 9.78. The average molecular weight is 283 g/mol. The van der Waals surface area contributed by atoms with Crippen LogP contribution in [-0.2, 0) is 4.79 Å². The third-order valence-electron chi connectivity index (χ3n) is 4.48. The van der Waals surface area contributed by atoms with E-state index in [1.54, 1.807) is 12.2 Å². The SMILES string of the molecule is C=C/C=C\C1=C2CN=C3CC(C(C)C)CC(=C32)NNC1=O. The van der Waals surface area contributed by atoms with E-state index in [-0.39, 0.29) is 5.91 Å². The van der Waals surface area contributed by atoms with Gasteiger partial charge in [-0.3, -0.25) is 15.2 Å². The van der Waals surface area contributed by atoms with Gasteiger partial charge >= 0.3 is 0 Å². The molecule has 0 aromatic rings. The standard InChI is InChI=1S/C17H21N3O/c1-4-5-6-12-13-9-18-14-7-11(10(2)3)8-15(16(13)14)19-20-17(12)21/h4-6,10-11,19H,1,7-9H2,2-3H3,(H,20,21)/b6-5-. The lowest BCUT2D eigenvalue weighted by Crippen LogP contribution is -2.38. The fourth-order valence-corrected chi connectivity index (χ4v) is 3.20. The van der Waals surface area contributed by atoms with E-state index in [1.165, 1.54) is 0 Å². The van der Waals surface area contributed by atoms with Crippen molar-refractivity contribution in [3.05, 3.63) is 47.2 Å². The zero-order valence-corrected chi connectivity index (χ0v) is 12.6. The number of rotatable bonds is 3. The van der Waals surface area contributed by atoms with Crippen LogP contribution in [0.4, 0.5) is 0 Å². The van der Waals surface area contributed by atoms with Crippen LogP contribution in [-0.4, -0.2) is 18.2 Å². The van der Waals surface area contributed by atoms with E-state index in [0.717, 1.165) is 35.4 Å². The maximum absolute atomic E-state index is 12.3. The smallest absolute Gasteiger partial charge is 0.269 e. The summed E-state index contributed by atoms with van der Waals surface area (Å²) in [6, 6.07) is 0. The van der Waals surface area contributed by atoms with Crippen LogP contribution in [0.25, 0.3) is 0 Å². The van der Waals surface area contributed by atoms with Crippen LogP contribution in [0.5, 0.6) is 0 Å². The highest BCUT2D eigenvalue weighted by molar-refractivity contribution is 6.11. The number of allylic oxidation sites excluding steroid dienone is 3. The Hall–Kier alpha value is -2.10. The first kappa shape index (κ1) is 13.9. The molecule has 1 aliphatic carbocycles. The molecule has 0 aromatic carbocycles. The number of hydrogen-bond acceptors (Lipinski definition) is 3. The number of amides is 1. The molecule has 21 heavy (non-hydrogen) atoms. The summed E-state index contributed by atoms with van der Waals surface area (Å²) < 4.78 is 0. The second-order valence-electron chi connectivity index (χ2n) is 6.09. The number of aliphatic imine (C=N–C) groups is 1. The molecule has 2 aliphatic heterocycles. The first-order valence-electron chi connectivity index (χ1n) is 7.47. The van der Waals surface area contributed by atoms with Crippen molar-refractivity contribution < 1.29 is 4.79 Å². The molecule has 1 amide bonds. The Kier molecular flexibility index (Phi) is 3.53. The van der Waals surface area contributed by atoms with Gasteiger partial charge in [-0.05, 0) is 36.3 Å². The molecule has 0 radical (unpaired) electrons. The molecule has 3 aliphatic rings. The lowest BCUT2D eigenvalue weighted by molar-refractivity contribution is -0.117. The largest absolute Gasteiger partial charge is 0.302 e. The van der Waals surface area contributed by atoms with Gasteiger partial charge in [0.15, 0.2) is 0 Å². The Morgan fingerprint density at radius 1 is 1.33 bits per heavy atom. The van der Waals surface area contributed by atoms with Crippen LogP contribution < -0.4 is 10.9 Å². The van der Waals surface area contributed by atoms with Gasteiger partial charge in [0.05, 0.1) is 6.54 Å². The second kappa shape index (κ2) is 5.35. The van der Waals surface area contributed by atoms with Crippen LogP contribution in [0.3, 0.4) is 0 Å². The first-order valence-corrected chi connectivity index (χ1v) is 7.47. The van der Waals surface area contributed by atoms with Crippen molar-refractivity contribution in [3.8, 4) is 0 Å². The molecule has 2 heterocycles. The molecule has 0 bridgehead atoms. The van der Waals surface area contributed by atoms with E-state index in [9.17, 15) is 4.79 Å². The normalized spacial score (nSPS) is 24.8. The molecule has 1 unspecified atom stereocenters. The highest BCUT2D eigenvalue weighted by Crippen LogP contribution is 2.39. The molecule has 0 aromatic heterocycles. The fourth-order valence-electron chi connectivity index (χ4n) is 3.20. The minimum atomic E-state index is -0.102. The molecule has 4 nitrogen and oxygen atoms in total. The van der Waals surface area contributed by atoms with Gasteiger partial charge in [0.2, 0.25) is 0 Å². The van der Waals surface area contributed by atoms with Crippen LogP contribution in [0.2, 0.25) is 0 Å². The molecule has 0 spiro atoms. The monoisotopic (exact) mass is 283 g/mol. The predicted octanol–water partition coefficient (Wildman–Crippen LogP) is 2.43. The molecule has 2 N–H and O–H groups in total. The first-order chi connectivity index (χ1) is 10.1. The average Bonchev–Trinajstić information content (AvgIpc) is 2.83. The van der Waals surface area contributed by atoms with E-state index in [0.29, 0.717) is 24.0 Å². The fraction of sp³-hybridized carbons (Fsp3) is 0.412. The van der Waals surface area contributed by atoms with Gasteiger partial charge in [-0.2, -0.15) is 0 Å². The van der Waals surface area contributed by atoms with E-state index in [4.69, 9.17) is 0 Å². The van der Waals surface area contributed by atoms with Crippen molar-refractivity contribution in [2.24, 2.45) is 16.8 Å². The van der Waals surface area contributed by atoms with Crippen LogP contribution in [0.1, 0.15) is 26.7 Å². The van der Waals surface area contributed by atoms with Crippen molar-refractivity contribution in [1.82, 2.24) is 10.9 Å². The third-order valence-corrected chi connectivity index (χ3v) is 4.48. The summed E-state index contributed by atoms with van der Waals surface area (Å²) in [7, 11) is 0. The molecule has 0 fully saturated rings. The van der Waals surface area contributed by atoms with Gasteiger partial charge in [0.1, 0.15) is 0 Å². The van der Waals surface area contributed by atoms with Crippen molar-refractivity contribution in [2.75, 3.05) is 6.54 Å². The Bertz CT molecular complexity index is 620. The predicted molar refractivity (Wildman–Crippen MR) is 84.5 cm³/mol. The number of nitrogens with zero attached hydrogens (tertiary/aromatic N) is 1. The molecule has 0 saturated carbocycles. The van der Waals surface area contributed by atoms with Gasteiger partial charge in [-0.25, -0.2) is 0 Å². The maximum atomic E-state index is 12.3. The number of carbonyl (C=O) groups is 1. The number of hydrogen-bond donors (Lipinski definition) is 2. The van der Waals surface area contributed by atoms with Gasteiger partial charge in [-0.1, -0.05) is 32.6 Å². The maximum Gasteiger partial charge on any atom is 0.269 e. The minimum absolute atomic E-state index is 0.102. The summed E-state index contributed by atoms with van der Waals surface area (Å²) in [4.78, 5) is 17.0. The van der Waals surface area contributed by atoms with E-state index in [2.05, 4.69) is 36.3 Å². The molecule has 110 valence electrons. The van der Waals surface area contributed by atoms with Crippen LogP contribution in [0, 0.1) is 11.8 Å². The van der Waals surface area contributed by atoms with Gasteiger partial charge in [0, 0.05) is 22.6 Å². The summed E-state index contributed by atoms with van der Waals surface area (Å²) >= 11 is 0. The molecule has 3 rings (SSSR count). The van der Waals surface area contributed by atoms with Gasteiger partial charge < -0.3 is 5.43 Å². The van der Waals surface area contributed by atoms with E-state index in [1.807, 2.05) is 6.08 Å². The molecule has 0 saturated heterocycles. The zero-order valence-electron chi connectivity index (χ0n) is 12.6. The third kappa shape index (κ3) is 2.35. The number of nitrogens with one attached hydrogen (secondary N) is 2. The Balaban J connectivity index is 2.07. The summed E-state index contributed by atoms with van der Waals surface area (Å²) in [5, 5.41) is 0. The summed E-state index contributed by atoms with van der Waals surface area (Å²) in [5.41, 5.74) is 11.1. The van der Waals surface area contributed by atoms with Crippen LogP contribution in [0.15, 0.2) is 52.2 Å². The van der Waals surface area contributed by atoms with Crippen molar-refractivity contribution in [2.45, 2.75) is 26.7 Å². The quantitative estimate of drug-likeness (QED) is 0.782. The van der Waals surface area contributed by atoms with Crippen molar-refractivity contribution >= 4 is 11.6 Å². The molecular formula is C17H21N3O. The molecular weight excluding hydrogens is 262 g/mol. The lowest BCUT2D eigenvalue weighted by Gasteiger charge is -2.29. The Morgan fingerprint density at radius 3 is 2.86 bits per heavy atom. The Labute approximate surface area is 125 Å². The number of hydrazine groups is 1. The molecule has 1 atom stereocenters. The van der Waals surface area contributed by atoms with Gasteiger partial charge in [-0.15, -0.1) is 0 Å². The highest BCUT2D eigenvalue weighted by atomic mass is 16.2. The summed E-state index contributed by atoms with van der Waals surface area (Å²) in [6.07, 6.45) is 7.27. The zero-order chi connectivity index (χ0) is 15.0.